The maximum Gasteiger partial charge on any atom is 0.143 e. The third-order valence-corrected chi connectivity index (χ3v) is 2.84. The molecule has 0 bridgehead atoms. The van der Waals surface area contributed by atoms with Gasteiger partial charge in [-0.2, -0.15) is 0 Å². The summed E-state index contributed by atoms with van der Waals surface area (Å²) in [5.41, 5.74) is 0. The zero-order valence-electron chi connectivity index (χ0n) is 8.41. The van der Waals surface area contributed by atoms with Gasteiger partial charge in [-0.1, -0.05) is 25.5 Å². The van der Waals surface area contributed by atoms with E-state index in [1.807, 2.05) is 0 Å². The predicted molar refractivity (Wildman–Crippen MR) is 53.3 cm³/mol. The maximum absolute atomic E-state index is 8.57. The van der Waals surface area contributed by atoms with E-state index in [0.717, 1.165) is 6.42 Å². The molecular formula is C11H20O2. The van der Waals surface area contributed by atoms with Gasteiger partial charge >= 0.3 is 0 Å². The minimum absolute atomic E-state index is 0.146. The van der Waals surface area contributed by atoms with Crippen molar-refractivity contribution in [1.82, 2.24) is 0 Å². The molecule has 76 valence electrons. The molecule has 0 spiro atoms. The molecule has 2 heteroatoms. The summed E-state index contributed by atoms with van der Waals surface area (Å²) >= 11 is 0. The average Bonchev–Trinajstić information content (AvgIpc) is 2.21. The minimum atomic E-state index is -0.146. The fourth-order valence-corrected chi connectivity index (χ4v) is 1.98. The lowest BCUT2D eigenvalue weighted by atomic mass is 9.83. The van der Waals surface area contributed by atoms with Gasteiger partial charge in [-0.3, -0.25) is 0 Å². The minimum Gasteiger partial charge on any atom is -0.371 e. The third-order valence-electron chi connectivity index (χ3n) is 2.84. The van der Waals surface area contributed by atoms with E-state index in [9.17, 15) is 0 Å². The van der Waals surface area contributed by atoms with Crippen molar-refractivity contribution in [2.75, 3.05) is 13.4 Å². The van der Waals surface area contributed by atoms with Gasteiger partial charge in [-0.25, -0.2) is 0 Å². The van der Waals surface area contributed by atoms with Gasteiger partial charge in [-0.05, 0) is 31.1 Å². The highest BCUT2D eigenvalue weighted by molar-refractivity contribution is 4.95. The van der Waals surface area contributed by atoms with Crippen LogP contribution in [0.15, 0.2) is 12.2 Å². The molecule has 0 aromatic carbocycles. The van der Waals surface area contributed by atoms with Crippen LogP contribution in [0.2, 0.25) is 0 Å². The molecule has 1 N–H and O–H groups in total. The van der Waals surface area contributed by atoms with E-state index in [1.54, 1.807) is 0 Å². The van der Waals surface area contributed by atoms with E-state index in [0.29, 0.717) is 18.4 Å². The number of rotatable bonds is 5. The molecule has 0 aromatic rings. The van der Waals surface area contributed by atoms with Crippen molar-refractivity contribution < 1.29 is 9.84 Å². The van der Waals surface area contributed by atoms with Crippen LogP contribution in [0.3, 0.4) is 0 Å². The Morgan fingerprint density at radius 1 is 1.62 bits per heavy atom. The van der Waals surface area contributed by atoms with Gasteiger partial charge < -0.3 is 9.84 Å². The van der Waals surface area contributed by atoms with Crippen molar-refractivity contribution in [3.8, 4) is 0 Å². The van der Waals surface area contributed by atoms with Crippen molar-refractivity contribution >= 4 is 0 Å². The summed E-state index contributed by atoms with van der Waals surface area (Å²) in [6, 6.07) is 0. The van der Waals surface area contributed by atoms with Gasteiger partial charge in [0.2, 0.25) is 0 Å². The molecule has 2 unspecified atom stereocenters. The highest BCUT2D eigenvalue weighted by Crippen LogP contribution is 2.27. The predicted octanol–water partition coefficient (Wildman–Crippen LogP) is 2.34. The Morgan fingerprint density at radius 2 is 2.46 bits per heavy atom. The molecule has 2 nitrogen and oxygen atoms in total. The fourth-order valence-electron chi connectivity index (χ4n) is 1.98. The van der Waals surface area contributed by atoms with Crippen LogP contribution in [-0.4, -0.2) is 18.5 Å². The van der Waals surface area contributed by atoms with Gasteiger partial charge in [0.25, 0.3) is 0 Å². The zero-order valence-corrected chi connectivity index (χ0v) is 8.41. The molecule has 1 aliphatic carbocycles. The van der Waals surface area contributed by atoms with E-state index in [-0.39, 0.29) is 6.79 Å². The molecular weight excluding hydrogens is 164 g/mol. The SMILES string of the molecule is CCC(COCO)C1C=CCCC1. The Bertz CT molecular complexity index is 154. The highest BCUT2D eigenvalue weighted by atomic mass is 16.6. The molecule has 0 saturated carbocycles. The van der Waals surface area contributed by atoms with Crippen molar-refractivity contribution in [3.63, 3.8) is 0 Å². The first kappa shape index (κ1) is 10.7. The summed E-state index contributed by atoms with van der Waals surface area (Å²) in [6.45, 7) is 2.74. The van der Waals surface area contributed by atoms with Crippen molar-refractivity contribution in [1.29, 1.82) is 0 Å². The monoisotopic (exact) mass is 184 g/mol. The Hall–Kier alpha value is -0.340. The second-order valence-electron chi connectivity index (χ2n) is 3.69. The van der Waals surface area contributed by atoms with E-state index >= 15 is 0 Å². The van der Waals surface area contributed by atoms with E-state index in [1.165, 1.54) is 19.3 Å². The van der Waals surface area contributed by atoms with Crippen LogP contribution in [0.5, 0.6) is 0 Å². The number of aliphatic hydroxyl groups is 1. The van der Waals surface area contributed by atoms with Crippen LogP contribution in [0.1, 0.15) is 32.6 Å². The molecule has 0 aromatic heterocycles. The summed E-state index contributed by atoms with van der Waals surface area (Å²) in [4.78, 5) is 0. The lowest BCUT2D eigenvalue weighted by molar-refractivity contribution is -0.0246. The second-order valence-corrected chi connectivity index (χ2v) is 3.69. The average molecular weight is 184 g/mol. The normalized spacial score (nSPS) is 24.6. The first-order valence-corrected chi connectivity index (χ1v) is 5.23. The molecule has 0 radical (unpaired) electrons. The Kier molecular flexibility index (Phi) is 5.09. The molecule has 13 heavy (non-hydrogen) atoms. The number of allylic oxidation sites excluding steroid dienone is 2. The summed E-state index contributed by atoms with van der Waals surface area (Å²) < 4.78 is 5.06. The van der Waals surface area contributed by atoms with Crippen LogP contribution >= 0.6 is 0 Å². The van der Waals surface area contributed by atoms with Crippen LogP contribution in [0.4, 0.5) is 0 Å². The second kappa shape index (κ2) is 6.17. The lowest BCUT2D eigenvalue weighted by Crippen LogP contribution is -2.19. The molecule has 0 fully saturated rings. The Balaban J connectivity index is 2.35. The Morgan fingerprint density at radius 3 is 3.00 bits per heavy atom. The molecule has 0 amide bonds. The zero-order chi connectivity index (χ0) is 9.52. The van der Waals surface area contributed by atoms with E-state index in [4.69, 9.17) is 9.84 Å². The largest absolute Gasteiger partial charge is 0.371 e. The number of hydrogen-bond acceptors (Lipinski definition) is 2. The highest BCUT2D eigenvalue weighted by Gasteiger charge is 2.18. The van der Waals surface area contributed by atoms with E-state index < -0.39 is 0 Å². The molecule has 1 aliphatic rings. The van der Waals surface area contributed by atoms with Gasteiger partial charge in [0.05, 0.1) is 6.61 Å². The third kappa shape index (κ3) is 3.49. The van der Waals surface area contributed by atoms with Crippen LogP contribution in [0, 0.1) is 11.8 Å². The summed E-state index contributed by atoms with van der Waals surface area (Å²) in [5, 5.41) is 8.57. The smallest absolute Gasteiger partial charge is 0.143 e. The number of aliphatic hydroxyl groups excluding tert-OH is 1. The topological polar surface area (TPSA) is 29.5 Å². The first-order chi connectivity index (χ1) is 6.38. The molecule has 0 saturated heterocycles. The molecule has 0 heterocycles. The van der Waals surface area contributed by atoms with Crippen molar-refractivity contribution in [2.45, 2.75) is 32.6 Å². The van der Waals surface area contributed by atoms with Gasteiger partial charge in [0.1, 0.15) is 6.79 Å². The Labute approximate surface area is 80.6 Å². The maximum atomic E-state index is 8.57. The van der Waals surface area contributed by atoms with E-state index in [2.05, 4.69) is 19.1 Å². The van der Waals surface area contributed by atoms with Gasteiger partial charge in [0.15, 0.2) is 0 Å². The van der Waals surface area contributed by atoms with Crippen LogP contribution < -0.4 is 0 Å². The summed E-state index contributed by atoms with van der Waals surface area (Å²) in [6.07, 6.45) is 9.54. The lowest BCUT2D eigenvalue weighted by Gasteiger charge is -2.25. The standard InChI is InChI=1S/C11H20O2/c1-2-10(8-13-9-12)11-6-4-3-5-7-11/h4,6,10-12H,2-3,5,7-9H2,1H3. The molecule has 1 rings (SSSR count). The first-order valence-electron chi connectivity index (χ1n) is 5.23. The summed E-state index contributed by atoms with van der Waals surface area (Å²) in [7, 11) is 0. The van der Waals surface area contributed by atoms with Gasteiger partial charge in [0, 0.05) is 0 Å². The molecule has 0 aliphatic heterocycles. The fraction of sp³-hybridized carbons (Fsp3) is 0.818. The van der Waals surface area contributed by atoms with Crippen molar-refractivity contribution in [2.24, 2.45) is 11.8 Å². The van der Waals surface area contributed by atoms with Crippen LogP contribution in [-0.2, 0) is 4.74 Å². The van der Waals surface area contributed by atoms with Crippen molar-refractivity contribution in [3.05, 3.63) is 12.2 Å². The number of hydrogen-bond donors (Lipinski definition) is 1. The number of ether oxygens (including phenoxy) is 1. The molecule has 2 atom stereocenters. The van der Waals surface area contributed by atoms with Crippen LogP contribution in [0.25, 0.3) is 0 Å². The van der Waals surface area contributed by atoms with Gasteiger partial charge in [-0.15, -0.1) is 0 Å². The summed E-state index contributed by atoms with van der Waals surface area (Å²) in [5.74, 6) is 1.26. The quantitative estimate of drug-likeness (QED) is 0.525.